The standard InChI is InChI=1S/C20H22N2O2S2/c1-3-15-9-10-17-18(13-15)26-20(22(17)11-12-25-2)21-19(23)14-24-16-7-5-4-6-8-16/h4-10,13H,3,11-12,14H2,1-2H3. The molecule has 1 aromatic heterocycles. The zero-order chi connectivity index (χ0) is 18.4. The van der Waals surface area contributed by atoms with Crippen LogP contribution in [0.15, 0.2) is 53.5 Å². The Labute approximate surface area is 161 Å². The molecule has 0 radical (unpaired) electrons. The number of aromatic nitrogens is 1. The third-order valence-electron chi connectivity index (χ3n) is 4.00. The van der Waals surface area contributed by atoms with E-state index in [1.165, 1.54) is 10.3 Å². The average Bonchev–Trinajstić information content (AvgIpc) is 3.01. The maximum Gasteiger partial charge on any atom is 0.286 e. The van der Waals surface area contributed by atoms with Crippen LogP contribution in [0.2, 0.25) is 0 Å². The predicted molar refractivity (Wildman–Crippen MR) is 110 cm³/mol. The van der Waals surface area contributed by atoms with Gasteiger partial charge in [-0.25, -0.2) is 0 Å². The SMILES string of the molecule is CCc1ccc2c(c1)sc(=NC(=O)COc1ccccc1)n2CCSC. The van der Waals surface area contributed by atoms with Gasteiger partial charge in [0, 0.05) is 12.3 Å². The summed E-state index contributed by atoms with van der Waals surface area (Å²) in [4.78, 5) is 17.4. The van der Waals surface area contributed by atoms with E-state index in [4.69, 9.17) is 4.74 Å². The van der Waals surface area contributed by atoms with Gasteiger partial charge in [-0.1, -0.05) is 42.5 Å². The molecule has 1 heterocycles. The van der Waals surface area contributed by atoms with Crippen LogP contribution in [0.4, 0.5) is 0 Å². The molecule has 0 aliphatic heterocycles. The van der Waals surface area contributed by atoms with E-state index in [0.717, 1.165) is 29.0 Å². The van der Waals surface area contributed by atoms with Crippen LogP contribution in [0.1, 0.15) is 12.5 Å². The highest BCUT2D eigenvalue weighted by Crippen LogP contribution is 2.20. The van der Waals surface area contributed by atoms with Gasteiger partial charge in [0.2, 0.25) is 0 Å². The largest absolute Gasteiger partial charge is 0.484 e. The Morgan fingerprint density at radius 3 is 2.77 bits per heavy atom. The van der Waals surface area contributed by atoms with E-state index in [-0.39, 0.29) is 12.5 Å². The minimum Gasteiger partial charge on any atom is -0.484 e. The fraction of sp³-hybridized carbons (Fsp3) is 0.300. The van der Waals surface area contributed by atoms with Gasteiger partial charge in [0.05, 0.1) is 10.2 Å². The molecule has 4 nitrogen and oxygen atoms in total. The van der Waals surface area contributed by atoms with Crippen molar-refractivity contribution >= 4 is 39.2 Å². The smallest absolute Gasteiger partial charge is 0.286 e. The molecule has 6 heteroatoms. The molecule has 0 aliphatic carbocycles. The summed E-state index contributed by atoms with van der Waals surface area (Å²) < 4.78 is 8.82. The lowest BCUT2D eigenvalue weighted by Crippen LogP contribution is -2.20. The highest BCUT2D eigenvalue weighted by atomic mass is 32.2. The summed E-state index contributed by atoms with van der Waals surface area (Å²) in [5.74, 6) is 1.38. The minimum atomic E-state index is -0.269. The maximum atomic E-state index is 12.3. The van der Waals surface area contributed by atoms with Crippen LogP contribution in [0, 0.1) is 0 Å². The van der Waals surface area contributed by atoms with Gasteiger partial charge in [0.15, 0.2) is 11.4 Å². The van der Waals surface area contributed by atoms with E-state index in [0.29, 0.717) is 5.75 Å². The molecule has 136 valence electrons. The fourth-order valence-electron chi connectivity index (χ4n) is 2.62. The molecule has 3 rings (SSSR count). The van der Waals surface area contributed by atoms with Crippen molar-refractivity contribution in [3.63, 3.8) is 0 Å². The Morgan fingerprint density at radius 2 is 2.04 bits per heavy atom. The number of rotatable bonds is 7. The first-order valence-corrected chi connectivity index (χ1v) is 10.8. The highest BCUT2D eigenvalue weighted by Gasteiger charge is 2.09. The maximum absolute atomic E-state index is 12.3. The van der Waals surface area contributed by atoms with E-state index in [2.05, 4.69) is 40.9 Å². The number of ether oxygens (including phenoxy) is 1. The van der Waals surface area contributed by atoms with Crippen LogP contribution < -0.4 is 9.54 Å². The molecule has 0 atom stereocenters. The Balaban J connectivity index is 1.88. The summed E-state index contributed by atoms with van der Waals surface area (Å²) in [6.07, 6.45) is 3.08. The molecule has 0 saturated heterocycles. The number of carbonyl (C=O) groups is 1. The third kappa shape index (κ3) is 4.56. The summed E-state index contributed by atoms with van der Waals surface area (Å²) in [6.45, 7) is 2.92. The number of hydrogen-bond donors (Lipinski definition) is 0. The lowest BCUT2D eigenvalue weighted by atomic mass is 10.2. The summed E-state index contributed by atoms with van der Waals surface area (Å²) >= 11 is 3.35. The van der Waals surface area contributed by atoms with E-state index < -0.39 is 0 Å². The van der Waals surface area contributed by atoms with E-state index in [9.17, 15) is 4.79 Å². The van der Waals surface area contributed by atoms with Gasteiger partial charge < -0.3 is 9.30 Å². The minimum absolute atomic E-state index is 0.0546. The van der Waals surface area contributed by atoms with Crippen molar-refractivity contribution in [2.75, 3.05) is 18.6 Å². The molecular formula is C20H22N2O2S2. The molecule has 0 unspecified atom stereocenters. The first-order valence-electron chi connectivity index (χ1n) is 8.58. The number of carbonyl (C=O) groups excluding carboxylic acids is 1. The third-order valence-corrected chi connectivity index (χ3v) is 5.63. The normalized spacial score (nSPS) is 11.8. The molecule has 0 bridgehead atoms. The molecule has 0 aliphatic rings. The monoisotopic (exact) mass is 386 g/mol. The molecule has 26 heavy (non-hydrogen) atoms. The zero-order valence-electron chi connectivity index (χ0n) is 15.0. The van der Waals surface area contributed by atoms with Crippen LogP contribution >= 0.6 is 23.1 Å². The molecular weight excluding hydrogens is 364 g/mol. The average molecular weight is 387 g/mol. The van der Waals surface area contributed by atoms with Crippen molar-refractivity contribution in [2.24, 2.45) is 4.99 Å². The molecule has 0 fully saturated rings. The van der Waals surface area contributed by atoms with Gasteiger partial charge >= 0.3 is 0 Å². The van der Waals surface area contributed by atoms with Gasteiger partial charge in [-0.05, 0) is 42.5 Å². The number of amides is 1. The van der Waals surface area contributed by atoms with E-state index in [1.807, 2.05) is 30.3 Å². The lowest BCUT2D eigenvalue weighted by molar-refractivity contribution is -0.120. The van der Waals surface area contributed by atoms with Crippen molar-refractivity contribution in [1.29, 1.82) is 0 Å². The second-order valence-corrected chi connectivity index (χ2v) is 7.79. The van der Waals surface area contributed by atoms with Crippen LogP contribution in [-0.4, -0.2) is 29.1 Å². The Morgan fingerprint density at radius 1 is 1.23 bits per heavy atom. The van der Waals surface area contributed by atoms with Crippen LogP contribution in [0.25, 0.3) is 10.2 Å². The lowest BCUT2D eigenvalue weighted by Gasteiger charge is -2.05. The Bertz CT molecular complexity index is 945. The van der Waals surface area contributed by atoms with Crippen LogP contribution in [0.3, 0.4) is 0 Å². The van der Waals surface area contributed by atoms with Crippen molar-refractivity contribution in [2.45, 2.75) is 19.9 Å². The zero-order valence-corrected chi connectivity index (χ0v) is 16.6. The van der Waals surface area contributed by atoms with Crippen molar-refractivity contribution < 1.29 is 9.53 Å². The molecule has 1 amide bonds. The number of benzene rings is 2. The van der Waals surface area contributed by atoms with E-state index in [1.54, 1.807) is 23.1 Å². The van der Waals surface area contributed by atoms with Crippen molar-refractivity contribution in [3.8, 4) is 5.75 Å². The molecule has 0 N–H and O–H groups in total. The number of fused-ring (bicyclic) bond motifs is 1. The summed E-state index contributed by atoms with van der Waals surface area (Å²) in [5.41, 5.74) is 2.43. The van der Waals surface area contributed by atoms with Crippen LogP contribution in [0.5, 0.6) is 5.75 Å². The van der Waals surface area contributed by atoms with Crippen LogP contribution in [-0.2, 0) is 17.8 Å². The van der Waals surface area contributed by atoms with E-state index >= 15 is 0 Å². The number of aryl methyl sites for hydroxylation is 2. The Hall–Kier alpha value is -2.05. The first kappa shape index (κ1) is 18.7. The van der Waals surface area contributed by atoms with Gasteiger partial charge in [-0.15, -0.1) is 0 Å². The van der Waals surface area contributed by atoms with Crippen molar-refractivity contribution in [3.05, 3.63) is 58.9 Å². The first-order chi connectivity index (χ1) is 12.7. The highest BCUT2D eigenvalue weighted by molar-refractivity contribution is 7.98. The summed E-state index contributed by atoms with van der Waals surface area (Å²) in [5, 5.41) is 0. The van der Waals surface area contributed by atoms with Crippen molar-refractivity contribution in [1.82, 2.24) is 4.57 Å². The summed E-state index contributed by atoms with van der Waals surface area (Å²) in [7, 11) is 0. The molecule has 3 aromatic rings. The number of para-hydroxylation sites is 1. The number of hydrogen-bond acceptors (Lipinski definition) is 4. The quantitative estimate of drug-likeness (QED) is 0.613. The van der Waals surface area contributed by atoms with Gasteiger partial charge in [-0.2, -0.15) is 16.8 Å². The Kier molecular flexibility index (Phi) is 6.52. The molecule has 0 spiro atoms. The number of nitrogens with zero attached hydrogens (tertiary/aromatic N) is 2. The summed E-state index contributed by atoms with van der Waals surface area (Å²) in [6, 6.07) is 15.8. The predicted octanol–water partition coefficient (Wildman–Crippen LogP) is 4.13. The second kappa shape index (κ2) is 9.05. The van der Waals surface area contributed by atoms with Gasteiger partial charge in [0.25, 0.3) is 5.91 Å². The van der Waals surface area contributed by atoms with Gasteiger partial charge in [0.1, 0.15) is 5.75 Å². The number of thioether (sulfide) groups is 1. The fourth-order valence-corrected chi connectivity index (χ4v) is 4.12. The topological polar surface area (TPSA) is 43.6 Å². The number of thiazole rings is 1. The molecule has 0 saturated carbocycles. The second-order valence-electron chi connectivity index (χ2n) is 5.79. The molecule has 2 aromatic carbocycles. The van der Waals surface area contributed by atoms with Gasteiger partial charge in [-0.3, -0.25) is 4.79 Å².